The Labute approximate surface area is 118 Å². The fourth-order valence-corrected chi connectivity index (χ4v) is 3.47. The van der Waals surface area contributed by atoms with E-state index in [4.69, 9.17) is 0 Å². The lowest BCUT2D eigenvalue weighted by atomic mass is 9.86. The number of benzene rings is 1. The molecule has 1 heteroatoms. The van der Waals surface area contributed by atoms with Gasteiger partial charge in [-0.1, -0.05) is 56.9 Å². The molecule has 1 N–H and O–H groups in total. The zero-order chi connectivity index (χ0) is 13.5. The van der Waals surface area contributed by atoms with Gasteiger partial charge in [-0.05, 0) is 49.3 Å². The van der Waals surface area contributed by atoms with E-state index < -0.39 is 0 Å². The summed E-state index contributed by atoms with van der Waals surface area (Å²) < 4.78 is 0. The summed E-state index contributed by atoms with van der Waals surface area (Å²) >= 11 is 0. The molecule has 0 aromatic heterocycles. The Morgan fingerprint density at radius 1 is 1.21 bits per heavy atom. The number of aryl methyl sites for hydroxylation is 1. The van der Waals surface area contributed by atoms with Crippen LogP contribution in [0.1, 0.15) is 62.5 Å². The molecule has 1 saturated carbocycles. The van der Waals surface area contributed by atoms with E-state index in [1.165, 1.54) is 44.1 Å². The van der Waals surface area contributed by atoms with Crippen molar-refractivity contribution in [3.05, 3.63) is 35.4 Å². The van der Waals surface area contributed by atoms with E-state index >= 15 is 0 Å². The molecule has 0 amide bonds. The van der Waals surface area contributed by atoms with E-state index in [9.17, 15) is 0 Å². The molecule has 106 valence electrons. The zero-order valence-electron chi connectivity index (χ0n) is 12.6. The first-order chi connectivity index (χ1) is 9.31. The summed E-state index contributed by atoms with van der Waals surface area (Å²) in [4.78, 5) is 0. The Bertz CT molecular complexity index is 366. The third kappa shape index (κ3) is 4.35. The maximum atomic E-state index is 3.63. The van der Waals surface area contributed by atoms with Gasteiger partial charge in [-0.2, -0.15) is 0 Å². The molecule has 0 spiro atoms. The van der Waals surface area contributed by atoms with Crippen LogP contribution in [-0.4, -0.2) is 13.1 Å². The van der Waals surface area contributed by atoms with Gasteiger partial charge in [0.15, 0.2) is 0 Å². The van der Waals surface area contributed by atoms with E-state index in [1.807, 2.05) is 0 Å². The second-order valence-corrected chi connectivity index (χ2v) is 6.14. The van der Waals surface area contributed by atoms with Crippen molar-refractivity contribution in [3.8, 4) is 0 Å². The van der Waals surface area contributed by atoms with Crippen molar-refractivity contribution in [1.29, 1.82) is 0 Å². The summed E-state index contributed by atoms with van der Waals surface area (Å²) in [5, 5.41) is 3.63. The Balaban J connectivity index is 2.02. The van der Waals surface area contributed by atoms with E-state index in [-0.39, 0.29) is 0 Å². The Hall–Kier alpha value is -0.820. The average Bonchev–Trinajstić information content (AvgIpc) is 2.91. The highest BCUT2D eigenvalue weighted by Crippen LogP contribution is 2.34. The minimum Gasteiger partial charge on any atom is -0.316 e. The largest absolute Gasteiger partial charge is 0.316 e. The molecule has 0 aliphatic heterocycles. The van der Waals surface area contributed by atoms with Crippen LogP contribution in [0.25, 0.3) is 0 Å². The molecule has 19 heavy (non-hydrogen) atoms. The van der Waals surface area contributed by atoms with Gasteiger partial charge in [0.25, 0.3) is 0 Å². The fourth-order valence-electron chi connectivity index (χ4n) is 3.47. The molecule has 1 aromatic rings. The Morgan fingerprint density at radius 3 is 2.63 bits per heavy atom. The summed E-state index contributed by atoms with van der Waals surface area (Å²) in [5.74, 6) is 1.67. The van der Waals surface area contributed by atoms with Crippen molar-refractivity contribution < 1.29 is 0 Å². The van der Waals surface area contributed by atoms with Gasteiger partial charge >= 0.3 is 0 Å². The summed E-state index contributed by atoms with van der Waals surface area (Å²) in [6.45, 7) is 6.80. The summed E-state index contributed by atoms with van der Waals surface area (Å²) in [7, 11) is 0. The standard InChI is InChI=1S/C18H29N/c1-3-12-19-14-17(13-16-9-5-6-10-16)18-11-7-4-8-15(18)2/h4,7-8,11,16-17,19H,3,5-6,9-10,12-14H2,1-2H3. The molecule has 0 saturated heterocycles. The predicted octanol–water partition coefficient (Wildman–Crippen LogP) is 4.66. The lowest BCUT2D eigenvalue weighted by Gasteiger charge is -2.23. The number of rotatable bonds is 7. The molecular weight excluding hydrogens is 230 g/mol. The third-order valence-electron chi connectivity index (χ3n) is 4.54. The highest BCUT2D eigenvalue weighted by molar-refractivity contribution is 5.29. The molecule has 0 heterocycles. The highest BCUT2D eigenvalue weighted by Gasteiger charge is 2.21. The first-order valence-electron chi connectivity index (χ1n) is 8.07. The van der Waals surface area contributed by atoms with Gasteiger partial charge in [-0.3, -0.25) is 0 Å². The van der Waals surface area contributed by atoms with Crippen LogP contribution in [0, 0.1) is 12.8 Å². The molecule has 0 radical (unpaired) electrons. The quantitative estimate of drug-likeness (QED) is 0.702. The predicted molar refractivity (Wildman–Crippen MR) is 83.7 cm³/mol. The van der Waals surface area contributed by atoms with Crippen LogP contribution in [0.5, 0.6) is 0 Å². The van der Waals surface area contributed by atoms with Gasteiger partial charge in [0.2, 0.25) is 0 Å². The van der Waals surface area contributed by atoms with E-state index in [1.54, 1.807) is 5.56 Å². The summed E-state index contributed by atoms with van der Waals surface area (Å²) in [5.41, 5.74) is 3.03. The first kappa shape index (κ1) is 14.6. The number of nitrogens with one attached hydrogen (secondary N) is 1. The van der Waals surface area contributed by atoms with Crippen molar-refractivity contribution in [2.45, 2.75) is 58.3 Å². The van der Waals surface area contributed by atoms with Gasteiger partial charge in [0.05, 0.1) is 0 Å². The van der Waals surface area contributed by atoms with Gasteiger partial charge in [0.1, 0.15) is 0 Å². The van der Waals surface area contributed by atoms with Crippen molar-refractivity contribution in [3.63, 3.8) is 0 Å². The van der Waals surface area contributed by atoms with Crippen molar-refractivity contribution in [1.82, 2.24) is 5.32 Å². The minimum atomic E-state index is 0.704. The van der Waals surface area contributed by atoms with Crippen LogP contribution < -0.4 is 5.32 Å². The molecule has 1 nitrogen and oxygen atoms in total. The van der Waals surface area contributed by atoms with Crippen LogP contribution in [0.3, 0.4) is 0 Å². The monoisotopic (exact) mass is 259 g/mol. The fraction of sp³-hybridized carbons (Fsp3) is 0.667. The molecule has 0 bridgehead atoms. The van der Waals surface area contributed by atoms with Gasteiger partial charge < -0.3 is 5.32 Å². The maximum absolute atomic E-state index is 3.63. The number of hydrogen-bond acceptors (Lipinski definition) is 1. The minimum absolute atomic E-state index is 0.704. The average molecular weight is 259 g/mol. The third-order valence-corrected chi connectivity index (χ3v) is 4.54. The normalized spacial score (nSPS) is 17.8. The topological polar surface area (TPSA) is 12.0 Å². The van der Waals surface area contributed by atoms with Gasteiger partial charge in [-0.25, -0.2) is 0 Å². The van der Waals surface area contributed by atoms with Crippen LogP contribution in [0.4, 0.5) is 0 Å². The lowest BCUT2D eigenvalue weighted by molar-refractivity contribution is 0.426. The maximum Gasteiger partial charge on any atom is 0.00203 e. The van der Waals surface area contributed by atoms with Crippen LogP contribution in [0.2, 0.25) is 0 Å². The second-order valence-electron chi connectivity index (χ2n) is 6.14. The Kier molecular flexibility index (Phi) is 5.91. The van der Waals surface area contributed by atoms with Crippen LogP contribution >= 0.6 is 0 Å². The van der Waals surface area contributed by atoms with Crippen molar-refractivity contribution in [2.24, 2.45) is 5.92 Å². The molecule has 1 aromatic carbocycles. The SMILES string of the molecule is CCCNCC(CC1CCCC1)c1ccccc1C. The molecule has 1 unspecified atom stereocenters. The number of hydrogen-bond donors (Lipinski definition) is 1. The molecule has 1 fully saturated rings. The summed E-state index contributed by atoms with van der Waals surface area (Å²) in [6, 6.07) is 8.95. The first-order valence-corrected chi connectivity index (χ1v) is 8.07. The molecule has 2 rings (SSSR count). The molecule has 1 aliphatic rings. The van der Waals surface area contributed by atoms with Crippen LogP contribution in [0.15, 0.2) is 24.3 Å². The van der Waals surface area contributed by atoms with Gasteiger partial charge in [-0.15, -0.1) is 0 Å². The molecule has 1 atom stereocenters. The van der Waals surface area contributed by atoms with E-state index in [2.05, 4.69) is 43.4 Å². The zero-order valence-corrected chi connectivity index (χ0v) is 12.6. The van der Waals surface area contributed by atoms with Crippen molar-refractivity contribution in [2.75, 3.05) is 13.1 Å². The second kappa shape index (κ2) is 7.69. The van der Waals surface area contributed by atoms with Crippen LogP contribution in [-0.2, 0) is 0 Å². The van der Waals surface area contributed by atoms with Crippen molar-refractivity contribution >= 4 is 0 Å². The molecule has 1 aliphatic carbocycles. The molecular formula is C18H29N. The highest BCUT2D eigenvalue weighted by atomic mass is 14.9. The van der Waals surface area contributed by atoms with E-state index in [0.29, 0.717) is 5.92 Å². The lowest BCUT2D eigenvalue weighted by Crippen LogP contribution is -2.24. The van der Waals surface area contributed by atoms with E-state index in [0.717, 1.165) is 19.0 Å². The summed E-state index contributed by atoms with van der Waals surface area (Å²) in [6.07, 6.45) is 8.42. The smallest absolute Gasteiger partial charge is 0.00203 e. The Morgan fingerprint density at radius 2 is 1.95 bits per heavy atom. The van der Waals surface area contributed by atoms with Gasteiger partial charge in [0, 0.05) is 6.54 Å².